The lowest BCUT2D eigenvalue weighted by Gasteiger charge is -2.17. The van der Waals surface area contributed by atoms with Gasteiger partial charge in [-0.25, -0.2) is 0 Å². The Hall–Kier alpha value is -1.43. The van der Waals surface area contributed by atoms with Crippen LogP contribution in [0.25, 0.3) is 0 Å². The molecule has 0 bridgehead atoms. The molecule has 0 atom stereocenters. The van der Waals surface area contributed by atoms with E-state index in [0.717, 1.165) is 39.1 Å². The standard InChI is InChI=1S/C19H23IN2O/c1-6-14-9-8-10-15(7-2)18(14)22-19(23)16-13(5)21-12(4)11(3)17(16)20/h8-10H,6-7H2,1-5H3,(H,22,23). The summed E-state index contributed by atoms with van der Waals surface area (Å²) in [5.74, 6) is -0.0712. The first-order valence-electron chi connectivity index (χ1n) is 7.96. The van der Waals surface area contributed by atoms with E-state index in [2.05, 4.69) is 64.9 Å². The molecule has 0 radical (unpaired) electrons. The van der Waals surface area contributed by atoms with E-state index in [4.69, 9.17) is 0 Å². The van der Waals surface area contributed by atoms with Gasteiger partial charge in [-0.1, -0.05) is 32.0 Å². The third-order valence-electron chi connectivity index (χ3n) is 4.25. The van der Waals surface area contributed by atoms with Crippen molar-refractivity contribution in [1.82, 2.24) is 4.98 Å². The number of pyridine rings is 1. The molecule has 0 saturated carbocycles. The topological polar surface area (TPSA) is 42.0 Å². The van der Waals surface area contributed by atoms with E-state index in [1.165, 1.54) is 11.1 Å². The molecule has 0 saturated heterocycles. The highest BCUT2D eigenvalue weighted by Gasteiger charge is 2.19. The average molecular weight is 422 g/mol. The van der Waals surface area contributed by atoms with Crippen LogP contribution >= 0.6 is 22.6 Å². The minimum Gasteiger partial charge on any atom is -0.321 e. The van der Waals surface area contributed by atoms with Gasteiger partial charge >= 0.3 is 0 Å². The Balaban J connectivity index is 2.47. The zero-order valence-electron chi connectivity index (χ0n) is 14.4. The van der Waals surface area contributed by atoms with Crippen molar-refractivity contribution in [1.29, 1.82) is 0 Å². The molecule has 0 aliphatic heterocycles. The molecule has 2 aromatic rings. The second-order valence-electron chi connectivity index (χ2n) is 5.71. The van der Waals surface area contributed by atoms with Gasteiger partial charge in [-0.3, -0.25) is 9.78 Å². The molecule has 0 spiro atoms. The Morgan fingerprint density at radius 3 is 2.17 bits per heavy atom. The Labute approximate surface area is 152 Å². The summed E-state index contributed by atoms with van der Waals surface area (Å²) in [6.45, 7) is 10.1. The summed E-state index contributed by atoms with van der Waals surface area (Å²) < 4.78 is 0.983. The van der Waals surface area contributed by atoms with Crippen LogP contribution in [0.5, 0.6) is 0 Å². The van der Waals surface area contributed by atoms with Crippen molar-refractivity contribution in [2.45, 2.75) is 47.5 Å². The number of benzene rings is 1. The van der Waals surface area contributed by atoms with Crippen molar-refractivity contribution < 1.29 is 4.79 Å². The Kier molecular flexibility index (Phi) is 5.79. The Bertz CT molecular complexity index is 731. The second-order valence-corrected chi connectivity index (χ2v) is 6.79. The summed E-state index contributed by atoms with van der Waals surface area (Å²) in [5.41, 5.74) is 6.80. The van der Waals surface area contributed by atoms with Gasteiger partial charge in [0.05, 0.1) is 11.3 Å². The highest BCUT2D eigenvalue weighted by Crippen LogP contribution is 2.26. The number of aryl methyl sites for hydroxylation is 4. The van der Waals surface area contributed by atoms with E-state index < -0.39 is 0 Å². The van der Waals surface area contributed by atoms with E-state index in [1.807, 2.05) is 20.8 Å². The van der Waals surface area contributed by atoms with Crippen molar-refractivity contribution in [2.24, 2.45) is 0 Å². The number of amides is 1. The van der Waals surface area contributed by atoms with Crippen LogP contribution in [0, 0.1) is 24.3 Å². The van der Waals surface area contributed by atoms with Crippen LogP contribution in [-0.4, -0.2) is 10.9 Å². The van der Waals surface area contributed by atoms with Crippen LogP contribution in [-0.2, 0) is 12.8 Å². The number of rotatable bonds is 4. The van der Waals surface area contributed by atoms with Crippen LogP contribution in [0.2, 0.25) is 0 Å². The largest absolute Gasteiger partial charge is 0.321 e. The molecule has 0 unspecified atom stereocenters. The molecule has 122 valence electrons. The fourth-order valence-corrected chi connectivity index (χ4v) is 3.77. The first kappa shape index (κ1) is 17.9. The molecular weight excluding hydrogens is 399 g/mol. The number of hydrogen-bond donors (Lipinski definition) is 1. The maximum absolute atomic E-state index is 12.9. The summed E-state index contributed by atoms with van der Waals surface area (Å²) in [7, 11) is 0. The number of nitrogens with zero attached hydrogens (tertiary/aromatic N) is 1. The van der Waals surface area contributed by atoms with E-state index in [9.17, 15) is 4.79 Å². The molecule has 1 aromatic carbocycles. The summed E-state index contributed by atoms with van der Waals surface area (Å²) >= 11 is 2.25. The van der Waals surface area contributed by atoms with Crippen molar-refractivity contribution in [3.05, 3.63) is 55.4 Å². The summed E-state index contributed by atoms with van der Waals surface area (Å²) in [6, 6.07) is 6.20. The second kappa shape index (κ2) is 7.43. The Morgan fingerprint density at radius 1 is 1.09 bits per heavy atom. The fourth-order valence-electron chi connectivity index (χ4n) is 2.74. The maximum Gasteiger partial charge on any atom is 0.258 e. The van der Waals surface area contributed by atoms with Crippen molar-refractivity contribution >= 4 is 34.2 Å². The van der Waals surface area contributed by atoms with Gasteiger partial charge in [-0.05, 0) is 72.9 Å². The van der Waals surface area contributed by atoms with Gasteiger partial charge in [0.1, 0.15) is 0 Å². The first-order valence-corrected chi connectivity index (χ1v) is 9.03. The molecule has 1 aromatic heterocycles. The van der Waals surface area contributed by atoms with E-state index >= 15 is 0 Å². The van der Waals surface area contributed by atoms with Crippen molar-refractivity contribution in [3.63, 3.8) is 0 Å². The lowest BCUT2D eigenvalue weighted by atomic mass is 10.0. The molecular formula is C19H23IN2O. The maximum atomic E-state index is 12.9. The minimum absolute atomic E-state index is 0.0712. The normalized spacial score (nSPS) is 10.7. The summed E-state index contributed by atoms with van der Waals surface area (Å²) in [4.78, 5) is 17.4. The zero-order valence-corrected chi connectivity index (χ0v) is 16.5. The molecule has 1 heterocycles. The molecule has 1 amide bonds. The van der Waals surface area contributed by atoms with Crippen LogP contribution < -0.4 is 5.32 Å². The van der Waals surface area contributed by atoms with Crippen LogP contribution in [0.15, 0.2) is 18.2 Å². The monoisotopic (exact) mass is 422 g/mol. The lowest BCUT2D eigenvalue weighted by molar-refractivity contribution is 0.102. The molecule has 0 fully saturated rings. The number of anilines is 1. The number of nitrogens with one attached hydrogen (secondary N) is 1. The number of carbonyl (C=O) groups is 1. The number of carbonyl (C=O) groups excluding carboxylic acids is 1. The number of halogens is 1. The van der Waals surface area contributed by atoms with E-state index in [1.54, 1.807) is 0 Å². The van der Waals surface area contributed by atoms with Gasteiger partial charge in [0.2, 0.25) is 0 Å². The number of para-hydroxylation sites is 1. The molecule has 4 heteroatoms. The fraction of sp³-hybridized carbons (Fsp3) is 0.368. The highest BCUT2D eigenvalue weighted by molar-refractivity contribution is 14.1. The van der Waals surface area contributed by atoms with Crippen LogP contribution in [0.4, 0.5) is 5.69 Å². The predicted octanol–water partition coefficient (Wildman–Crippen LogP) is 4.99. The Morgan fingerprint density at radius 2 is 1.65 bits per heavy atom. The van der Waals surface area contributed by atoms with Gasteiger partial charge in [-0.2, -0.15) is 0 Å². The third kappa shape index (κ3) is 3.57. The van der Waals surface area contributed by atoms with Crippen LogP contribution in [0.1, 0.15) is 52.3 Å². The van der Waals surface area contributed by atoms with Gasteiger partial charge in [0, 0.05) is 15.0 Å². The van der Waals surface area contributed by atoms with Gasteiger partial charge < -0.3 is 5.32 Å². The highest BCUT2D eigenvalue weighted by atomic mass is 127. The first-order chi connectivity index (χ1) is 10.9. The van der Waals surface area contributed by atoms with Crippen molar-refractivity contribution in [3.8, 4) is 0 Å². The molecule has 0 aliphatic rings. The molecule has 0 aliphatic carbocycles. The lowest BCUT2D eigenvalue weighted by Crippen LogP contribution is -2.19. The molecule has 23 heavy (non-hydrogen) atoms. The van der Waals surface area contributed by atoms with Crippen molar-refractivity contribution in [2.75, 3.05) is 5.32 Å². The SMILES string of the molecule is CCc1cccc(CC)c1NC(=O)c1c(C)nc(C)c(C)c1I. The summed E-state index contributed by atoms with van der Waals surface area (Å²) in [5, 5.41) is 3.14. The van der Waals surface area contributed by atoms with Crippen LogP contribution in [0.3, 0.4) is 0 Å². The number of aromatic nitrogens is 1. The van der Waals surface area contributed by atoms with E-state index in [-0.39, 0.29) is 5.91 Å². The zero-order chi connectivity index (χ0) is 17.1. The van der Waals surface area contributed by atoms with E-state index in [0.29, 0.717) is 5.56 Å². The number of hydrogen-bond acceptors (Lipinski definition) is 2. The predicted molar refractivity (Wildman–Crippen MR) is 104 cm³/mol. The smallest absolute Gasteiger partial charge is 0.258 e. The van der Waals surface area contributed by atoms with Gasteiger partial charge in [0.15, 0.2) is 0 Å². The quantitative estimate of drug-likeness (QED) is 0.706. The summed E-state index contributed by atoms with van der Waals surface area (Å²) in [6.07, 6.45) is 1.79. The van der Waals surface area contributed by atoms with Gasteiger partial charge in [-0.15, -0.1) is 0 Å². The molecule has 3 nitrogen and oxygen atoms in total. The molecule has 1 N–H and O–H groups in total. The molecule has 2 rings (SSSR count). The minimum atomic E-state index is -0.0712. The van der Waals surface area contributed by atoms with Gasteiger partial charge in [0.25, 0.3) is 5.91 Å². The average Bonchev–Trinajstić information content (AvgIpc) is 2.52. The third-order valence-corrected chi connectivity index (χ3v) is 5.60.